The smallest absolute Gasteiger partial charge is 0.384 e. The maximum absolute atomic E-state index is 12.0. The molecule has 1 aromatic rings. The molecule has 158 valence electrons. The van der Waals surface area contributed by atoms with E-state index in [1.54, 1.807) is 0 Å². The van der Waals surface area contributed by atoms with Crippen LogP contribution in [0.2, 0.25) is 0 Å². The monoisotopic (exact) mass is 448 g/mol. The Kier molecular flexibility index (Phi) is 6.22. The van der Waals surface area contributed by atoms with E-state index >= 15 is 0 Å². The fourth-order valence-electron chi connectivity index (χ4n) is 2.91. The molecule has 3 amide bonds. The van der Waals surface area contributed by atoms with Crippen LogP contribution in [0.3, 0.4) is 0 Å². The van der Waals surface area contributed by atoms with E-state index in [4.69, 9.17) is 15.0 Å². The Morgan fingerprint density at radius 1 is 1.41 bits per heavy atom. The van der Waals surface area contributed by atoms with Gasteiger partial charge in [0.1, 0.15) is 24.4 Å². The van der Waals surface area contributed by atoms with E-state index in [2.05, 4.69) is 15.6 Å². The van der Waals surface area contributed by atoms with Crippen LogP contribution in [0.5, 0.6) is 0 Å². The highest BCUT2D eigenvalue weighted by Crippen LogP contribution is 2.42. The van der Waals surface area contributed by atoms with Crippen molar-refractivity contribution in [2.24, 2.45) is 5.73 Å². The number of hydrogen-bond acceptors (Lipinski definition) is 10. The number of aliphatic hydroxyl groups is 1. The van der Waals surface area contributed by atoms with E-state index in [1.165, 1.54) is 13.1 Å². The molecule has 29 heavy (non-hydrogen) atoms. The number of rotatable bonds is 7. The van der Waals surface area contributed by atoms with Gasteiger partial charge in [-0.1, -0.05) is 0 Å². The first-order valence-corrected chi connectivity index (χ1v) is 11.2. The molecule has 0 radical (unpaired) electrons. The van der Waals surface area contributed by atoms with E-state index in [9.17, 15) is 28.8 Å². The molecule has 6 N–H and O–H groups in total. The van der Waals surface area contributed by atoms with Gasteiger partial charge in [0.15, 0.2) is 17.6 Å². The molecule has 0 spiro atoms. The third-order valence-corrected chi connectivity index (χ3v) is 6.98. The summed E-state index contributed by atoms with van der Waals surface area (Å²) in [5.41, 5.74) is 2.95. The van der Waals surface area contributed by atoms with Gasteiger partial charge < -0.3 is 20.9 Å². The van der Waals surface area contributed by atoms with Gasteiger partial charge in [-0.05, 0) is 11.5 Å². The number of nitrogens with two attached hydrogens (primary N) is 1. The number of aromatic nitrogens is 2. The molecule has 3 unspecified atom stereocenters. The van der Waals surface area contributed by atoms with E-state index in [1.807, 2.05) is 0 Å². The first-order chi connectivity index (χ1) is 13.6. The second-order valence-electron chi connectivity index (χ2n) is 6.63. The van der Waals surface area contributed by atoms with Crippen molar-refractivity contribution in [1.82, 2.24) is 20.2 Å². The highest BCUT2D eigenvalue weighted by Gasteiger charge is 2.53. The highest BCUT2D eigenvalue weighted by molar-refractivity contribution is 8.50. The van der Waals surface area contributed by atoms with Gasteiger partial charge in [-0.3, -0.25) is 24.5 Å². The summed E-state index contributed by atoms with van der Waals surface area (Å²) in [6, 6.07) is -1.31. The van der Waals surface area contributed by atoms with Crippen LogP contribution in [0.1, 0.15) is 13.2 Å². The Morgan fingerprint density at radius 3 is 2.76 bits per heavy atom. The van der Waals surface area contributed by atoms with Gasteiger partial charge in [-0.2, -0.15) is 0 Å². The zero-order valence-corrected chi connectivity index (χ0v) is 16.8. The Hall–Kier alpha value is -2.09. The highest BCUT2D eigenvalue weighted by atomic mass is 32.7. The fraction of sp³-hybridized carbons (Fsp3) is 0.571. The standard InChI is InChI=1S/C14H18N5O8PS/c1-14(24)9(15)7(27-11(14)19-3-2-8(20)17-13(19)23)4-26-28(25)29-5-6-10(21)18-12(22)16-6/h2-3,6-7,9,11,24H,4-5,15H2,1H3,(H2-,16,17,18,20,21,22,23)/p+1/t6-,7?,9-,11?,14-/m1/s1. The molecule has 0 saturated carbocycles. The molecule has 3 heterocycles. The average molecular weight is 448 g/mol. The van der Waals surface area contributed by atoms with Crippen molar-refractivity contribution in [2.45, 2.75) is 36.9 Å². The summed E-state index contributed by atoms with van der Waals surface area (Å²) < 4.78 is 23.9. The van der Waals surface area contributed by atoms with Gasteiger partial charge in [0.05, 0.1) is 11.8 Å². The maximum Gasteiger partial charge on any atom is 0.585 e. The van der Waals surface area contributed by atoms with Crippen molar-refractivity contribution in [3.05, 3.63) is 33.1 Å². The molecule has 1 aromatic heterocycles. The fourth-order valence-corrected chi connectivity index (χ4v) is 4.98. The molecule has 6 atom stereocenters. The van der Waals surface area contributed by atoms with E-state index in [-0.39, 0.29) is 12.4 Å². The number of amides is 3. The predicted molar refractivity (Wildman–Crippen MR) is 100 cm³/mol. The molecule has 3 rings (SSSR count). The molecule has 2 aliphatic heterocycles. The molecule has 13 nitrogen and oxygen atoms in total. The Bertz CT molecular complexity index is 948. The molecule has 2 fully saturated rings. The van der Waals surface area contributed by atoms with Crippen molar-refractivity contribution in [2.75, 3.05) is 12.4 Å². The van der Waals surface area contributed by atoms with Crippen LogP contribution >= 0.6 is 18.6 Å². The van der Waals surface area contributed by atoms with Crippen LogP contribution < -0.4 is 27.6 Å². The van der Waals surface area contributed by atoms with Gasteiger partial charge in [-0.25, -0.2) is 9.59 Å². The molecular weight excluding hydrogens is 429 g/mol. The van der Waals surface area contributed by atoms with E-state index < -0.39 is 60.4 Å². The zero-order valence-electron chi connectivity index (χ0n) is 15.1. The van der Waals surface area contributed by atoms with Crippen LogP contribution in [0, 0.1) is 0 Å². The van der Waals surface area contributed by atoms with Crippen LogP contribution in [0.15, 0.2) is 21.9 Å². The number of H-pyrrole nitrogens is 1. The molecule has 2 saturated heterocycles. The molecule has 0 aromatic carbocycles. The van der Waals surface area contributed by atoms with Crippen molar-refractivity contribution in [1.29, 1.82) is 0 Å². The second-order valence-corrected chi connectivity index (χ2v) is 9.59. The lowest BCUT2D eigenvalue weighted by Gasteiger charge is -2.28. The normalized spacial score (nSPS) is 32.2. The molecule has 0 aliphatic carbocycles. The van der Waals surface area contributed by atoms with Gasteiger partial charge in [0.2, 0.25) is 0 Å². The Balaban J connectivity index is 1.58. The van der Waals surface area contributed by atoms with Crippen molar-refractivity contribution in [3.8, 4) is 0 Å². The van der Waals surface area contributed by atoms with Gasteiger partial charge in [0, 0.05) is 12.3 Å². The summed E-state index contributed by atoms with van der Waals surface area (Å²) in [6.07, 6.45) is -0.922. The zero-order chi connectivity index (χ0) is 21.3. The summed E-state index contributed by atoms with van der Waals surface area (Å²) in [5, 5.41) is 15.1. The van der Waals surface area contributed by atoms with Crippen LogP contribution in [0.25, 0.3) is 0 Å². The summed E-state index contributed by atoms with van der Waals surface area (Å²) in [6.45, 7) is 1.12. The topological polar surface area (TPSA) is 195 Å². The molecule has 2 aliphatic rings. The SMILES string of the molecule is C[C@]1(O)C(n2ccc(=O)[nH]c2=O)OC(CO[P+](=O)SC[C@H]2NC(=O)NC2=O)[C@H]1N. The molecule has 15 heteroatoms. The second kappa shape index (κ2) is 8.34. The summed E-state index contributed by atoms with van der Waals surface area (Å²) >= 11 is 0.823. The third-order valence-electron chi connectivity index (χ3n) is 4.53. The lowest BCUT2D eigenvalue weighted by atomic mass is 9.94. The number of carbonyl (C=O) groups is 2. The third kappa shape index (κ3) is 4.57. The first kappa shape index (κ1) is 21.6. The number of carbonyl (C=O) groups excluding carboxylic acids is 2. The summed E-state index contributed by atoms with van der Waals surface area (Å²) in [5.74, 6) is -0.477. The van der Waals surface area contributed by atoms with Crippen LogP contribution in [-0.2, 0) is 18.6 Å². The minimum absolute atomic E-state index is 0.0392. The first-order valence-electron chi connectivity index (χ1n) is 8.39. The van der Waals surface area contributed by atoms with Crippen molar-refractivity contribution < 1.29 is 28.5 Å². The lowest BCUT2D eigenvalue weighted by molar-refractivity contribution is -0.119. The number of nitrogens with one attached hydrogen (secondary N) is 3. The van der Waals surface area contributed by atoms with Gasteiger partial charge >= 0.3 is 19.0 Å². The number of imide groups is 1. The predicted octanol–water partition coefficient (Wildman–Crippen LogP) is -1.87. The Morgan fingerprint density at radius 2 is 2.14 bits per heavy atom. The molecular formula is C14H19N5O8PS+. The van der Waals surface area contributed by atoms with Crippen LogP contribution in [0.4, 0.5) is 4.79 Å². The average Bonchev–Trinajstić information content (AvgIpc) is 3.08. The van der Waals surface area contributed by atoms with Crippen molar-refractivity contribution in [3.63, 3.8) is 0 Å². The molecule has 0 bridgehead atoms. The minimum Gasteiger partial charge on any atom is -0.384 e. The van der Waals surface area contributed by atoms with Crippen molar-refractivity contribution >= 4 is 30.5 Å². The maximum atomic E-state index is 12.0. The van der Waals surface area contributed by atoms with Crippen LogP contribution in [-0.4, -0.2) is 62.7 Å². The minimum atomic E-state index is -2.27. The van der Waals surface area contributed by atoms with E-state index in [0.717, 1.165) is 22.0 Å². The quantitative estimate of drug-likeness (QED) is 0.233. The Labute approximate surface area is 167 Å². The lowest BCUT2D eigenvalue weighted by Crippen LogP contribution is -2.51. The number of aromatic amines is 1. The largest absolute Gasteiger partial charge is 0.585 e. The van der Waals surface area contributed by atoms with Gasteiger partial charge in [0.25, 0.3) is 11.5 Å². The number of urea groups is 1. The summed E-state index contributed by atoms with van der Waals surface area (Å²) in [4.78, 5) is 47.7. The van der Waals surface area contributed by atoms with E-state index in [0.29, 0.717) is 0 Å². The summed E-state index contributed by atoms with van der Waals surface area (Å²) in [7, 11) is -2.27. The number of hydrogen-bond donors (Lipinski definition) is 5. The number of nitrogens with zero attached hydrogens (tertiary/aromatic N) is 1. The number of ether oxygens (including phenoxy) is 1. The van der Waals surface area contributed by atoms with Gasteiger partial charge in [-0.15, -0.1) is 4.52 Å².